The van der Waals surface area contributed by atoms with Crippen LogP contribution in [-0.4, -0.2) is 73.1 Å². The highest BCUT2D eigenvalue weighted by Gasteiger charge is 2.37. The number of hydrogen-bond donors (Lipinski definition) is 0. The maximum atomic E-state index is 13.0. The molecule has 0 spiro atoms. The van der Waals surface area contributed by atoms with E-state index in [2.05, 4.69) is 6.58 Å². The van der Waals surface area contributed by atoms with Crippen LogP contribution in [-0.2, 0) is 30.4 Å². The summed E-state index contributed by atoms with van der Waals surface area (Å²) in [6.07, 6.45) is -0.644. The van der Waals surface area contributed by atoms with Gasteiger partial charge in [-0.05, 0) is 30.7 Å². The molecule has 2 aromatic carbocycles. The first-order chi connectivity index (χ1) is 16.8. The number of amides is 2. The minimum atomic E-state index is -1.30. The third kappa shape index (κ3) is 7.99. The van der Waals surface area contributed by atoms with E-state index in [-0.39, 0.29) is 25.3 Å². The summed E-state index contributed by atoms with van der Waals surface area (Å²) in [7, 11) is 2.76. The molecule has 0 unspecified atom stereocenters. The van der Waals surface area contributed by atoms with Crippen molar-refractivity contribution in [3.63, 3.8) is 0 Å². The summed E-state index contributed by atoms with van der Waals surface area (Å²) in [6, 6.07) is 16.0. The van der Waals surface area contributed by atoms with Crippen molar-refractivity contribution in [2.75, 3.05) is 27.2 Å². The SMILES string of the molecule is C=C[C@@H](OC(=O)c1ccccc1)[C@H](C(=O)OCC)N(C)C(=O)CN(C)C(=O)OCc1ccccc1. The molecule has 0 bridgehead atoms. The van der Waals surface area contributed by atoms with Crippen molar-refractivity contribution in [2.24, 2.45) is 0 Å². The summed E-state index contributed by atoms with van der Waals surface area (Å²) in [5.74, 6) is -2.06. The van der Waals surface area contributed by atoms with E-state index < -0.39 is 36.1 Å². The van der Waals surface area contributed by atoms with Crippen molar-refractivity contribution in [3.8, 4) is 0 Å². The van der Waals surface area contributed by atoms with Crippen LogP contribution in [0.15, 0.2) is 73.3 Å². The minimum absolute atomic E-state index is 0.0491. The van der Waals surface area contributed by atoms with Crippen molar-refractivity contribution in [2.45, 2.75) is 25.7 Å². The Morgan fingerprint density at radius 3 is 2.11 bits per heavy atom. The van der Waals surface area contributed by atoms with Crippen molar-refractivity contribution in [3.05, 3.63) is 84.4 Å². The third-order valence-electron chi connectivity index (χ3n) is 5.02. The van der Waals surface area contributed by atoms with E-state index in [0.717, 1.165) is 15.4 Å². The molecule has 0 aliphatic carbocycles. The predicted molar refractivity (Wildman–Crippen MR) is 128 cm³/mol. The van der Waals surface area contributed by atoms with E-state index in [4.69, 9.17) is 14.2 Å². The van der Waals surface area contributed by atoms with Crippen LogP contribution in [0.2, 0.25) is 0 Å². The van der Waals surface area contributed by atoms with Crippen molar-refractivity contribution < 1.29 is 33.4 Å². The van der Waals surface area contributed by atoms with E-state index in [9.17, 15) is 19.2 Å². The predicted octanol–water partition coefficient (Wildman–Crippen LogP) is 3.06. The first-order valence-corrected chi connectivity index (χ1v) is 11.0. The van der Waals surface area contributed by atoms with Gasteiger partial charge in [-0.25, -0.2) is 14.4 Å². The second-order valence-corrected chi connectivity index (χ2v) is 7.57. The van der Waals surface area contributed by atoms with Gasteiger partial charge in [0.1, 0.15) is 13.2 Å². The maximum absolute atomic E-state index is 13.0. The number of likely N-dealkylation sites (N-methyl/N-ethyl adjacent to an activating group) is 2. The van der Waals surface area contributed by atoms with E-state index >= 15 is 0 Å². The van der Waals surface area contributed by atoms with Gasteiger partial charge in [0.25, 0.3) is 0 Å². The molecule has 0 saturated heterocycles. The van der Waals surface area contributed by atoms with Crippen molar-refractivity contribution >= 4 is 23.9 Å². The number of ether oxygens (including phenoxy) is 3. The minimum Gasteiger partial charge on any atom is -0.464 e. The molecule has 2 amide bonds. The Morgan fingerprint density at radius 1 is 0.943 bits per heavy atom. The second kappa shape index (κ2) is 13.5. The van der Waals surface area contributed by atoms with Crippen LogP contribution in [0.1, 0.15) is 22.8 Å². The molecular weight excluding hydrogens is 452 g/mol. The highest BCUT2D eigenvalue weighted by molar-refractivity contribution is 5.91. The number of carbonyl (C=O) groups excluding carboxylic acids is 4. The molecule has 9 nitrogen and oxygen atoms in total. The lowest BCUT2D eigenvalue weighted by Crippen LogP contribution is -2.53. The molecule has 0 aliphatic heterocycles. The Balaban J connectivity index is 2.08. The first kappa shape index (κ1) is 27.1. The van der Waals surface area contributed by atoms with Gasteiger partial charge in [-0.15, -0.1) is 0 Å². The van der Waals surface area contributed by atoms with E-state index in [1.165, 1.54) is 20.2 Å². The highest BCUT2D eigenvalue weighted by Crippen LogP contribution is 2.15. The molecular formula is C26H30N2O7. The van der Waals surface area contributed by atoms with Gasteiger partial charge in [-0.2, -0.15) is 0 Å². The van der Waals surface area contributed by atoms with Crippen LogP contribution < -0.4 is 0 Å². The van der Waals surface area contributed by atoms with Crippen LogP contribution in [0.25, 0.3) is 0 Å². The Bertz CT molecular complexity index is 1010. The van der Waals surface area contributed by atoms with E-state index in [1.54, 1.807) is 37.3 Å². The molecule has 186 valence electrons. The zero-order valence-electron chi connectivity index (χ0n) is 20.1. The average molecular weight is 483 g/mol. The van der Waals surface area contributed by atoms with Gasteiger partial charge in [0.2, 0.25) is 5.91 Å². The summed E-state index contributed by atoms with van der Waals surface area (Å²) >= 11 is 0. The molecule has 35 heavy (non-hydrogen) atoms. The number of esters is 2. The zero-order chi connectivity index (χ0) is 25.8. The number of benzene rings is 2. The fourth-order valence-corrected chi connectivity index (χ4v) is 3.11. The molecule has 0 aromatic heterocycles. The second-order valence-electron chi connectivity index (χ2n) is 7.57. The largest absolute Gasteiger partial charge is 0.464 e. The molecule has 9 heteroatoms. The normalized spacial score (nSPS) is 12.0. The van der Waals surface area contributed by atoms with Gasteiger partial charge in [-0.3, -0.25) is 4.79 Å². The van der Waals surface area contributed by atoms with Gasteiger partial charge in [-0.1, -0.05) is 55.1 Å². The quantitative estimate of drug-likeness (QED) is 0.276. The molecule has 2 rings (SSSR count). The van der Waals surface area contributed by atoms with Gasteiger partial charge >= 0.3 is 18.0 Å². The van der Waals surface area contributed by atoms with Gasteiger partial charge < -0.3 is 24.0 Å². The lowest BCUT2D eigenvalue weighted by Gasteiger charge is -2.32. The fourth-order valence-electron chi connectivity index (χ4n) is 3.11. The van der Waals surface area contributed by atoms with Crippen LogP contribution in [0.3, 0.4) is 0 Å². The van der Waals surface area contributed by atoms with Gasteiger partial charge in [0.05, 0.1) is 12.2 Å². The monoisotopic (exact) mass is 482 g/mol. The summed E-state index contributed by atoms with van der Waals surface area (Å²) in [5, 5.41) is 0. The number of rotatable bonds is 11. The lowest BCUT2D eigenvalue weighted by atomic mass is 10.1. The number of nitrogens with zero attached hydrogens (tertiary/aromatic N) is 2. The Labute approximate surface area is 204 Å². The molecule has 0 radical (unpaired) electrons. The number of hydrogen-bond acceptors (Lipinski definition) is 7. The average Bonchev–Trinajstić information content (AvgIpc) is 2.87. The Morgan fingerprint density at radius 2 is 1.54 bits per heavy atom. The Hall–Kier alpha value is -4.14. The van der Waals surface area contributed by atoms with Crippen LogP contribution in [0.5, 0.6) is 0 Å². The van der Waals surface area contributed by atoms with E-state index in [1.807, 2.05) is 30.3 Å². The maximum Gasteiger partial charge on any atom is 0.410 e. The van der Waals surface area contributed by atoms with Crippen molar-refractivity contribution in [1.82, 2.24) is 9.80 Å². The summed E-state index contributed by atoms with van der Waals surface area (Å²) in [4.78, 5) is 52.7. The number of carbonyl (C=O) groups is 4. The molecule has 0 aliphatic rings. The third-order valence-corrected chi connectivity index (χ3v) is 5.02. The summed E-state index contributed by atoms with van der Waals surface area (Å²) < 4.78 is 15.8. The highest BCUT2D eigenvalue weighted by atomic mass is 16.6. The summed E-state index contributed by atoms with van der Waals surface area (Å²) in [5.41, 5.74) is 1.07. The van der Waals surface area contributed by atoms with Crippen LogP contribution >= 0.6 is 0 Å². The molecule has 0 fully saturated rings. The molecule has 2 atom stereocenters. The topological polar surface area (TPSA) is 102 Å². The Kier molecular flexibility index (Phi) is 10.5. The molecule has 2 aromatic rings. The zero-order valence-corrected chi connectivity index (χ0v) is 20.1. The fraction of sp³-hybridized carbons (Fsp3) is 0.308. The molecule has 0 saturated carbocycles. The lowest BCUT2D eigenvalue weighted by molar-refractivity contribution is -0.157. The van der Waals surface area contributed by atoms with Gasteiger partial charge in [0.15, 0.2) is 12.1 Å². The molecule has 0 N–H and O–H groups in total. The van der Waals surface area contributed by atoms with Gasteiger partial charge in [0, 0.05) is 14.1 Å². The van der Waals surface area contributed by atoms with E-state index in [0.29, 0.717) is 0 Å². The standard InChI is InChI=1S/C26H30N2O7/c1-5-21(35-24(30)20-15-11-8-12-16-20)23(25(31)33-6-2)28(4)22(29)17-27(3)26(32)34-18-19-13-9-7-10-14-19/h5,7-16,21,23H,1,6,17-18H2,2-4H3/t21-,23-/m1/s1. The molecule has 0 heterocycles. The smallest absolute Gasteiger partial charge is 0.410 e. The van der Waals surface area contributed by atoms with Crippen LogP contribution in [0, 0.1) is 0 Å². The van der Waals surface area contributed by atoms with Crippen molar-refractivity contribution in [1.29, 1.82) is 0 Å². The van der Waals surface area contributed by atoms with Crippen LogP contribution in [0.4, 0.5) is 4.79 Å². The first-order valence-electron chi connectivity index (χ1n) is 11.0. The summed E-state index contributed by atoms with van der Waals surface area (Å²) in [6.45, 7) is 4.99.